The molecular formula is C46H41N3O5S2. The standard InChI is InChI=1S/C46H41N3O5S2/c1-30-41(29-55-46-49-40-12-5-6-13-42(40)56-46)53-44(54-43(30)34-16-14-31(28-50)15-17-34)35-20-18-33(19-21-35)36-9-7-8-32(26-36)27-47-45(51)48-37-22-24-39(25-23-37)52-38-10-3-2-4-11-38/h2-26,30,41,43-44,50H,27-29H2,1H3,(H2,47,48,51)/t30-,41+,43+,44+/m1/s1. The molecule has 6 aromatic carbocycles. The summed E-state index contributed by atoms with van der Waals surface area (Å²) >= 11 is 3.43. The number of urea groups is 1. The molecule has 1 aliphatic rings. The maximum atomic E-state index is 12.7. The number of hydrogen-bond acceptors (Lipinski definition) is 8. The average Bonchev–Trinajstić information content (AvgIpc) is 3.67. The van der Waals surface area contributed by atoms with Crippen LogP contribution < -0.4 is 15.4 Å². The molecule has 3 N–H and O–H groups in total. The number of thiazole rings is 1. The van der Waals surface area contributed by atoms with E-state index in [4.69, 9.17) is 19.2 Å². The Morgan fingerprint density at radius 3 is 2.27 bits per heavy atom. The molecule has 0 radical (unpaired) electrons. The minimum Gasteiger partial charge on any atom is -0.457 e. The van der Waals surface area contributed by atoms with E-state index in [1.165, 1.54) is 4.70 Å². The van der Waals surface area contributed by atoms with Gasteiger partial charge in [0.2, 0.25) is 0 Å². The van der Waals surface area contributed by atoms with Crippen molar-refractivity contribution in [1.29, 1.82) is 0 Å². The Labute approximate surface area is 334 Å². The smallest absolute Gasteiger partial charge is 0.319 e. The summed E-state index contributed by atoms with van der Waals surface area (Å²) in [6.45, 7) is 2.54. The first-order chi connectivity index (χ1) is 27.5. The molecule has 0 bridgehead atoms. The van der Waals surface area contributed by atoms with Crippen LogP contribution in [-0.4, -0.2) is 28.0 Å². The number of anilines is 1. The second-order valence-corrected chi connectivity index (χ2v) is 15.9. The maximum Gasteiger partial charge on any atom is 0.319 e. The van der Waals surface area contributed by atoms with Crippen LogP contribution in [-0.2, 0) is 22.6 Å². The monoisotopic (exact) mass is 779 g/mol. The number of para-hydroxylation sites is 2. The topological polar surface area (TPSA) is 102 Å². The van der Waals surface area contributed by atoms with Crippen molar-refractivity contribution in [2.24, 2.45) is 5.92 Å². The van der Waals surface area contributed by atoms with Gasteiger partial charge in [-0.2, -0.15) is 0 Å². The predicted octanol–water partition coefficient (Wildman–Crippen LogP) is 11.2. The van der Waals surface area contributed by atoms with Gasteiger partial charge in [0.15, 0.2) is 10.6 Å². The summed E-state index contributed by atoms with van der Waals surface area (Å²) in [5.41, 5.74) is 7.59. The summed E-state index contributed by atoms with van der Waals surface area (Å²) in [7, 11) is 0. The summed E-state index contributed by atoms with van der Waals surface area (Å²) in [4.78, 5) is 17.6. The number of hydrogen-bond donors (Lipinski definition) is 3. The molecule has 8 rings (SSSR count). The van der Waals surface area contributed by atoms with E-state index in [0.717, 1.165) is 54.7 Å². The number of aromatic nitrogens is 1. The molecule has 0 spiro atoms. The van der Waals surface area contributed by atoms with Gasteiger partial charge in [0, 0.05) is 29.5 Å². The second kappa shape index (κ2) is 17.5. The highest BCUT2D eigenvalue weighted by molar-refractivity contribution is 8.01. The third-order valence-electron chi connectivity index (χ3n) is 9.76. The molecule has 8 nitrogen and oxygen atoms in total. The number of nitrogens with one attached hydrogen (secondary N) is 2. The van der Waals surface area contributed by atoms with Crippen molar-refractivity contribution >= 4 is 45.0 Å². The van der Waals surface area contributed by atoms with Gasteiger partial charge in [0.05, 0.1) is 29.0 Å². The molecule has 7 aromatic rings. The normalized spacial score (nSPS) is 18.0. The highest BCUT2D eigenvalue weighted by Crippen LogP contribution is 2.44. The lowest BCUT2D eigenvalue weighted by Gasteiger charge is -2.41. The fourth-order valence-electron chi connectivity index (χ4n) is 6.66. The van der Waals surface area contributed by atoms with Crippen molar-refractivity contribution in [3.05, 3.63) is 174 Å². The third-order valence-corrected chi connectivity index (χ3v) is 12.0. The lowest BCUT2D eigenvalue weighted by atomic mass is 9.91. The van der Waals surface area contributed by atoms with Crippen LogP contribution in [0.15, 0.2) is 156 Å². The van der Waals surface area contributed by atoms with E-state index in [1.54, 1.807) is 23.1 Å². The number of rotatable bonds is 12. The molecule has 1 aliphatic heterocycles. The van der Waals surface area contributed by atoms with Crippen LogP contribution in [0.25, 0.3) is 21.3 Å². The Morgan fingerprint density at radius 1 is 0.768 bits per heavy atom. The van der Waals surface area contributed by atoms with E-state index in [1.807, 2.05) is 109 Å². The summed E-state index contributed by atoms with van der Waals surface area (Å²) in [5.74, 6) is 2.25. The van der Waals surface area contributed by atoms with Crippen molar-refractivity contribution in [3.63, 3.8) is 0 Å². The molecule has 0 unspecified atom stereocenters. The number of thioether (sulfide) groups is 1. The highest BCUT2D eigenvalue weighted by Gasteiger charge is 2.38. The molecule has 1 aromatic heterocycles. The lowest BCUT2D eigenvalue weighted by molar-refractivity contribution is -0.268. The van der Waals surface area contributed by atoms with Gasteiger partial charge in [0.25, 0.3) is 0 Å². The van der Waals surface area contributed by atoms with Crippen LogP contribution in [0.5, 0.6) is 11.5 Å². The van der Waals surface area contributed by atoms with Crippen molar-refractivity contribution < 1.29 is 24.1 Å². The van der Waals surface area contributed by atoms with Gasteiger partial charge in [-0.25, -0.2) is 9.78 Å². The van der Waals surface area contributed by atoms with Crippen LogP contribution in [0.3, 0.4) is 0 Å². The number of ether oxygens (including phenoxy) is 3. The van der Waals surface area contributed by atoms with Gasteiger partial charge >= 0.3 is 6.03 Å². The maximum absolute atomic E-state index is 12.7. The number of carbonyl (C=O) groups excluding carboxylic acids is 1. The Kier molecular flexibility index (Phi) is 11.7. The number of carbonyl (C=O) groups is 1. The first-order valence-corrected chi connectivity index (χ1v) is 20.3. The summed E-state index contributed by atoms with van der Waals surface area (Å²) in [5, 5.41) is 15.5. The minimum atomic E-state index is -0.564. The quantitative estimate of drug-likeness (QED) is 0.106. The molecule has 56 heavy (non-hydrogen) atoms. The molecule has 2 amide bonds. The van der Waals surface area contributed by atoms with E-state index in [9.17, 15) is 9.90 Å². The molecule has 0 saturated carbocycles. The lowest BCUT2D eigenvalue weighted by Crippen LogP contribution is -2.38. The first-order valence-electron chi connectivity index (χ1n) is 18.5. The van der Waals surface area contributed by atoms with Gasteiger partial charge in [-0.1, -0.05) is 116 Å². The SMILES string of the molecule is C[C@@H]1[C@H](CSc2nc3ccccc3s2)O[C@H](c2ccc(-c3cccc(CNC(=O)Nc4ccc(Oc5ccccc5)cc4)c3)cc2)O[C@@H]1c1ccc(CO)cc1. The summed E-state index contributed by atoms with van der Waals surface area (Å²) in [6, 6.07) is 49.2. The van der Waals surface area contributed by atoms with Gasteiger partial charge < -0.3 is 30.0 Å². The Bertz CT molecular complexity index is 2340. The number of aliphatic hydroxyl groups excluding tert-OH is 1. The third kappa shape index (κ3) is 9.13. The fraction of sp³-hybridized carbons (Fsp3) is 0.174. The van der Waals surface area contributed by atoms with Crippen LogP contribution in [0.4, 0.5) is 10.5 Å². The number of amides is 2. The van der Waals surface area contributed by atoms with Crippen LogP contribution in [0.2, 0.25) is 0 Å². The van der Waals surface area contributed by atoms with Crippen LogP contribution in [0.1, 0.15) is 41.6 Å². The Morgan fingerprint density at radius 2 is 1.50 bits per heavy atom. The van der Waals surface area contributed by atoms with E-state index in [-0.39, 0.29) is 30.8 Å². The van der Waals surface area contributed by atoms with Crippen molar-refractivity contribution in [3.8, 4) is 22.6 Å². The largest absolute Gasteiger partial charge is 0.457 e. The molecule has 10 heteroatoms. The molecule has 4 atom stereocenters. The summed E-state index contributed by atoms with van der Waals surface area (Å²) in [6.07, 6.45) is -0.857. The zero-order valence-corrected chi connectivity index (χ0v) is 32.3. The number of nitrogens with zero attached hydrogens (tertiary/aromatic N) is 1. The predicted molar refractivity (Wildman–Crippen MR) is 224 cm³/mol. The number of aliphatic hydroxyl groups is 1. The van der Waals surface area contributed by atoms with Crippen molar-refractivity contribution in [2.75, 3.05) is 11.1 Å². The van der Waals surface area contributed by atoms with Crippen LogP contribution >= 0.6 is 23.1 Å². The van der Waals surface area contributed by atoms with Crippen molar-refractivity contribution in [2.45, 2.75) is 42.9 Å². The van der Waals surface area contributed by atoms with Gasteiger partial charge in [-0.15, -0.1) is 11.3 Å². The van der Waals surface area contributed by atoms with Crippen molar-refractivity contribution in [1.82, 2.24) is 10.3 Å². The molecule has 1 saturated heterocycles. The number of benzene rings is 6. The molecule has 282 valence electrons. The zero-order valence-electron chi connectivity index (χ0n) is 30.7. The fourth-order valence-corrected chi connectivity index (χ4v) is 8.92. The zero-order chi connectivity index (χ0) is 38.3. The minimum absolute atomic E-state index is 0.00274. The van der Waals surface area contributed by atoms with E-state index < -0.39 is 6.29 Å². The molecular weight excluding hydrogens is 739 g/mol. The van der Waals surface area contributed by atoms with E-state index in [2.05, 4.69) is 60.0 Å². The molecule has 2 heterocycles. The highest BCUT2D eigenvalue weighted by atomic mass is 32.2. The van der Waals surface area contributed by atoms with E-state index in [0.29, 0.717) is 18.0 Å². The molecule has 1 fully saturated rings. The van der Waals surface area contributed by atoms with E-state index >= 15 is 0 Å². The Balaban J connectivity index is 0.913. The second-order valence-electron chi connectivity index (χ2n) is 13.7. The summed E-state index contributed by atoms with van der Waals surface area (Å²) < 4.78 is 21.5. The first kappa shape index (κ1) is 37.4. The molecule has 0 aliphatic carbocycles. The van der Waals surface area contributed by atoms with Crippen LogP contribution in [0, 0.1) is 5.92 Å². The van der Waals surface area contributed by atoms with Gasteiger partial charge in [0.1, 0.15) is 11.5 Å². The average molecular weight is 780 g/mol. The Hall–Kier alpha value is -5.49. The van der Waals surface area contributed by atoms with Gasteiger partial charge in [-0.05, 0) is 82.4 Å². The van der Waals surface area contributed by atoms with Gasteiger partial charge in [-0.3, -0.25) is 0 Å². The number of fused-ring (bicyclic) bond motifs is 1.